The Balaban J connectivity index is 1.99. The molecule has 0 saturated carbocycles. The molecule has 4 heteroatoms. The van der Waals surface area contributed by atoms with E-state index < -0.39 is 5.60 Å². The fourth-order valence-electron chi connectivity index (χ4n) is 4.15. The Morgan fingerprint density at radius 2 is 1.68 bits per heavy atom. The Labute approximate surface area is 169 Å². The van der Waals surface area contributed by atoms with Gasteiger partial charge in [0.25, 0.3) is 0 Å². The van der Waals surface area contributed by atoms with Gasteiger partial charge in [-0.2, -0.15) is 0 Å². The molecule has 0 aliphatic carbocycles. The van der Waals surface area contributed by atoms with Gasteiger partial charge in [-0.3, -0.25) is 4.90 Å². The van der Waals surface area contributed by atoms with Crippen LogP contribution in [-0.2, 0) is 10.3 Å². The van der Waals surface area contributed by atoms with Crippen LogP contribution >= 0.6 is 0 Å². The van der Waals surface area contributed by atoms with E-state index in [4.69, 9.17) is 9.47 Å². The van der Waals surface area contributed by atoms with Crippen LogP contribution in [0.15, 0.2) is 54.6 Å². The second-order valence-corrected chi connectivity index (χ2v) is 7.81. The number of aliphatic hydroxyl groups is 1. The van der Waals surface area contributed by atoms with Gasteiger partial charge in [0.05, 0.1) is 25.4 Å². The Hall–Kier alpha value is -1.88. The standard InChI is InChI=1S/C24H33NO3/c1-4-28-22-12-10-21(11-13-22)24(26,19(2)3)23(20-8-6-5-7-9-20)18-25-14-16-27-17-15-25/h5-13,19,23,26H,4,14-18H2,1-3H3/t23-,24+/m1/s1. The summed E-state index contributed by atoms with van der Waals surface area (Å²) in [6, 6.07) is 18.4. The quantitative estimate of drug-likeness (QED) is 0.747. The highest BCUT2D eigenvalue weighted by Gasteiger charge is 2.43. The van der Waals surface area contributed by atoms with E-state index in [0.717, 1.165) is 44.2 Å². The summed E-state index contributed by atoms with van der Waals surface area (Å²) in [5, 5.41) is 12.1. The van der Waals surface area contributed by atoms with E-state index in [9.17, 15) is 5.11 Å². The molecular weight excluding hydrogens is 350 g/mol. The van der Waals surface area contributed by atoms with Crippen LogP contribution in [0.3, 0.4) is 0 Å². The third-order valence-electron chi connectivity index (χ3n) is 5.79. The smallest absolute Gasteiger partial charge is 0.119 e. The summed E-state index contributed by atoms with van der Waals surface area (Å²) < 4.78 is 11.1. The molecule has 0 unspecified atom stereocenters. The van der Waals surface area contributed by atoms with Crippen LogP contribution in [0.4, 0.5) is 0 Å². The molecule has 0 amide bonds. The minimum Gasteiger partial charge on any atom is -0.494 e. The highest BCUT2D eigenvalue weighted by atomic mass is 16.5. The lowest BCUT2D eigenvalue weighted by atomic mass is 9.70. The molecule has 1 N–H and O–H groups in total. The first kappa shape index (κ1) is 20.8. The molecule has 28 heavy (non-hydrogen) atoms. The molecule has 2 aromatic rings. The Bertz CT molecular complexity index is 710. The van der Waals surface area contributed by atoms with Crippen LogP contribution in [0.1, 0.15) is 37.8 Å². The predicted octanol–water partition coefficient (Wildman–Crippen LogP) is 4.04. The molecule has 0 radical (unpaired) electrons. The third kappa shape index (κ3) is 4.57. The maximum Gasteiger partial charge on any atom is 0.119 e. The first-order valence-corrected chi connectivity index (χ1v) is 10.4. The SMILES string of the molecule is CCOc1ccc([C@@](O)(C(C)C)[C@H](CN2CCOCC2)c2ccccc2)cc1. The van der Waals surface area contributed by atoms with Gasteiger partial charge in [0.15, 0.2) is 0 Å². The molecule has 1 saturated heterocycles. The van der Waals surface area contributed by atoms with Crippen LogP contribution in [0.25, 0.3) is 0 Å². The van der Waals surface area contributed by atoms with E-state index in [2.05, 4.69) is 43.0 Å². The molecule has 0 spiro atoms. The number of rotatable bonds is 8. The second kappa shape index (κ2) is 9.55. The van der Waals surface area contributed by atoms with Crippen molar-refractivity contribution < 1.29 is 14.6 Å². The maximum atomic E-state index is 12.1. The zero-order valence-electron chi connectivity index (χ0n) is 17.3. The van der Waals surface area contributed by atoms with Gasteiger partial charge >= 0.3 is 0 Å². The normalized spacial score (nSPS) is 18.6. The first-order chi connectivity index (χ1) is 13.6. The summed E-state index contributed by atoms with van der Waals surface area (Å²) in [5.74, 6) is 0.850. The van der Waals surface area contributed by atoms with Crippen LogP contribution in [0, 0.1) is 5.92 Å². The summed E-state index contributed by atoms with van der Waals surface area (Å²) >= 11 is 0. The largest absolute Gasteiger partial charge is 0.494 e. The fourth-order valence-corrected chi connectivity index (χ4v) is 4.15. The Morgan fingerprint density at radius 3 is 2.25 bits per heavy atom. The average molecular weight is 384 g/mol. The molecule has 4 nitrogen and oxygen atoms in total. The molecule has 2 aromatic carbocycles. The van der Waals surface area contributed by atoms with Gasteiger partial charge in [0.1, 0.15) is 5.75 Å². The zero-order chi connectivity index (χ0) is 20.0. The van der Waals surface area contributed by atoms with Gasteiger partial charge in [-0.1, -0.05) is 56.3 Å². The Kier molecular flexibility index (Phi) is 7.11. The minimum absolute atomic E-state index is 0.0373. The van der Waals surface area contributed by atoms with Crippen molar-refractivity contribution in [2.45, 2.75) is 32.3 Å². The number of hydrogen-bond donors (Lipinski definition) is 1. The Morgan fingerprint density at radius 1 is 1.04 bits per heavy atom. The molecule has 1 fully saturated rings. The van der Waals surface area contributed by atoms with Crippen molar-refractivity contribution in [2.24, 2.45) is 5.92 Å². The van der Waals surface area contributed by atoms with Crippen LogP contribution in [0.2, 0.25) is 0 Å². The van der Waals surface area contributed by atoms with Crippen molar-refractivity contribution in [1.82, 2.24) is 4.90 Å². The number of benzene rings is 2. The average Bonchev–Trinajstić information content (AvgIpc) is 2.73. The summed E-state index contributed by atoms with van der Waals surface area (Å²) in [6.07, 6.45) is 0. The fraction of sp³-hybridized carbons (Fsp3) is 0.500. The zero-order valence-corrected chi connectivity index (χ0v) is 17.3. The molecule has 1 heterocycles. The van der Waals surface area contributed by atoms with Gasteiger partial charge in [0.2, 0.25) is 0 Å². The van der Waals surface area contributed by atoms with Gasteiger partial charge < -0.3 is 14.6 Å². The number of morpholine rings is 1. The monoisotopic (exact) mass is 383 g/mol. The van der Waals surface area contributed by atoms with Gasteiger partial charge in [-0.25, -0.2) is 0 Å². The van der Waals surface area contributed by atoms with Crippen LogP contribution in [0.5, 0.6) is 5.75 Å². The summed E-state index contributed by atoms with van der Waals surface area (Å²) in [4.78, 5) is 2.41. The molecule has 3 rings (SSSR count). The molecular formula is C24H33NO3. The van der Waals surface area contributed by atoms with E-state index >= 15 is 0 Å². The summed E-state index contributed by atoms with van der Waals surface area (Å²) in [5.41, 5.74) is 1.12. The summed E-state index contributed by atoms with van der Waals surface area (Å²) in [6.45, 7) is 10.9. The van der Waals surface area contributed by atoms with Crippen LogP contribution < -0.4 is 4.74 Å². The predicted molar refractivity (Wildman–Crippen MR) is 113 cm³/mol. The lowest BCUT2D eigenvalue weighted by molar-refractivity contribution is -0.0547. The summed E-state index contributed by atoms with van der Waals surface area (Å²) in [7, 11) is 0. The van der Waals surface area contributed by atoms with Gasteiger partial charge in [-0.15, -0.1) is 0 Å². The van der Waals surface area contributed by atoms with E-state index in [-0.39, 0.29) is 11.8 Å². The molecule has 152 valence electrons. The van der Waals surface area contributed by atoms with Gasteiger partial charge in [0, 0.05) is 25.6 Å². The molecule has 1 aliphatic rings. The topological polar surface area (TPSA) is 41.9 Å². The van der Waals surface area contributed by atoms with Crippen molar-refractivity contribution >= 4 is 0 Å². The molecule has 2 atom stereocenters. The first-order valence-electron chi connectivity index (χ1n) is 10.4. The lowest BCUT2D eigenvalue weighted by Gasteiger charge is -2.43. The van der Waals surface area contributed by atoms with E-state index in [0.29, 0.717) is 6.61 Å². The molecule has 0 bridgehead atoms. The molecule has 1 aliphatic heterocycles. The van der Waals surface area contributed by atoms with E-state index in [1.54, 1.807) is 0 Å². The van der Waals surface area contributed by atoms with Crippen molar-refractivity contribution in [3.05, 3.63) is 65.7 Å². The van der Waals surface area contributed by atoms with Crippen LogP contribution in [-0.4, -0.2) is 49.5 Å². The van der Waals surface area contributed by atoms with Crippen molar-refractivity contribution in [3.63, 3.8) is 0 Å². The van der Waals surface area contributed by atoms with E-state index in [1.807, 2.05) is 37.3 Å². The number of nitrogens with zero attached hydrogens (tertiary/aromatic N) is 1. The van der Waals surface area contributed by atoms with Crippen molar-refractivity contribution in [2.75, 3.05) is 39.5 Å². The number of ether oxygens (including phenoxy) is 2. The van der Waals surface area contributed by atoms with Gasteiger partial charge in [-0.05, 0) is 36.1 Å². The second-order valence-electron chi connectivity index (χ2n) is 7.81. The lowest BCUT2D eigenvalue weighted by Crippen LogP contribution is -2.47. The highest BCUT2D eigenvalue weighted by molar-refractivity contribution is 5.36. The van der Waals surface area contributed by atoms with E-state index in [1.165, 1.54) is 5.56 Å². The maximum absolute atomic E-state index is 12.1. The third-order valence-corrected chi connectivity index (χ3v) is 5.79. The molecule has 0 aromatic heterocycles. The minimum atomic E-state index is -0.982. The van der Waals surface area contributed by atoms with Crippen molar-refractivity contribution in [3.8, 4) is 5.75 Å². The number of hydrogen-bond acceptors (Lipinski definition) is 4. The highest BCUT2D eigenvalue weighted by Crippen LogP contribution is 2.43. The van der Waals surface area contributed by atoms with Crippen molar-refractivity contribution in [1.29, 1.82) is 0 Å².